The zero-order valence-corrected chi connectivity index (χ0v) is 13.7. The van der Waals surface area contributed by atoms with Crippen LogP contribution in [0.5, 0.6) is 0 Å². The molecular weight excluding hydrogens is 272 g/mol. The number of aromatic nitrogens is 2. The quantitative estimate of drug-likeness (QED) is 0.800. The summed E-state index contributed by atoms with van der Waals surface area (Å²) in [5.41, 5.74) is 1.00. The Balaban J connectivity index is 2.08. The summed E-state index contributed by atoms with van der Waals surface area (Å²) in [7, 11) is 0. The van der Waals surface area contributed by atoms with Crippen molar-refractivity contribution in [1.82, 2.24) is 14.9 Å². The Morgan fingerprint density at radius 2 is 1.80 bits per heavy atom. The molecule has 2 rings (SSSR count). The maximum atomic E-state index is 6.23. The average molecular weight is 297 g/mol. The molecule has 0 amide bonds. The summed E-state index contributed by atoms with van der Waals surface area (Å²) in [6.45, 7) is 14.0. The standard InChI is InChI=1S/C15H25ClN4/c1-5-13-17-14(16)12(4)15(18-13)20-8-6-19(7-9-20)10-11(2)3/h11H,5-10H2,1-4H3. The Bertz CT molecular complexity index is 453. The first-order valence-electron chi connectivity index (χ1n) is 7.51. The summed E-state index contributed by atoms with van der Waals surface area (Å²) in [5, 5.41) is 0.594. The first kappa shape index (κ1) is 15.5. The number of anilines is 1. The molecule has 0 unspecified atom stereocenters. The molecule has 1 aromatic rings. The van der Waals surface area contributed by atoms with Gasteiger partial charge in [-0.25, -0.2) is 9.97 Å². The Labute approximate surface area is 127 Å². The molecule has 5 heteroatoms. The lowest BCUT2D eigenvalue weighted by Crippen LogP contribution is -2.48. The van der Waals surface area contributed by atoms with Gasteiger partial charge in [0.05, 0.1) is 0 Å². The van der Waals surface area contributed by atoms with Crippen molar-refractivity contribution in [3.8, 4) is 0 Å². The molecule has 0 atom stereocenters. The van der Waals surface area contributed by atoms with Crippen molar-refractivity contribution < 1.29 is 0 Å². The first-order chi connectivity index (χ1) is 9.51. The molecule has 20 heavy (non-hydrogen) atoms. The number of hydrogen-bond acceptors (Lipinski definition) is 4. The lowest BCUT2D eigenvalue weighted by Gasteiger charge is -2.36. The van der Waals surface area contributed by atoms with Gasteiger partial charge in [-0.05, 0) is 12.8 Å². The fourth-order valence-electron chi connectivity index (χ4n) is 2.65. The molecule has 2 heterocycles. The molecule has 1 fully saturated rings. The van der Waals surface area contributed by atoms with Gasteiger partial charge in [0.15, 0.2) is 0 Å². The predicted molar refractivity (Wildman–Crippen MR) is 84.6 cm³/mol. The lowest BCUT2D eigenvalue weighted by atomic mass is 10.2. The smallest absolute Gasteiger partial charge is 0.137 e. The molecule has 0 bridgehead atoms. The van der Waals surface area contributed by atoms with Gasteiger partial charge in [0.2, 0.25) is 0 Å². The minimum atomic E-state index is 0.594. The summed E-state index contributed by atoms with van der Waals surface area (Å²) in [6.07, 6.45) is 0.820. The summed E-state index contributed by atoms with van der Waals surface area (Å²) in [4.78, 5) is 13.9. The number of nitrogens with zero attached hydrogens (tertiary/aromatic N) is 4. The second-order valence-corrected chi connectivity index (χ2v) is 6.27. The minimum absolute atomic E-state index is 0.594. The van der Waals surface area contributed by atoms with Gasteiger partial charge in [-0.2, -0.15) is 0 Å². The van der Waals surface area contributed by atoms with Crippen LogP contribution in [0.3, 0.4) is 0 Å². The van der Waals surface area contributed by atoms with Crippen LogP contribution in [0, 0.1) is 12.8 Å². The third-order valence-electron chi connectivity index (χ3n) is 3.72. The zero-order chi connectivity index (χ0) is 14.7. The Hall–Kier alpha value is -0.870. The van der Waals surface area contributed by atoms with Crippen molar-refractivity contribution in [2.24, 2.45) is 5.92 Å². The molecule has 1 aliphatic rings. The maximum Gasteiger partial charge on any atom is 0.137 e. The molecule has 0 aliphatic carbocycles. The Kier molecular flexibility index (Phi) is 5.22. The number of hydrogen-bond donors (Lipinski definition) is 0. The van der Waals surface area contributed by atoms with Crippen molar-refractivity contribution in [3.63, 3.8) is 0 Å². The molecule has 112 valence electrons. The van der Waals surface area contributed by atoms with Crippen molar-refractivity contribution in [2.45, 2.75) is 34.1 Å². The van der Waals surface area contributed by atoms with E-state index in [2.05, 4.69) is 40.5 Å². The lowest BCUT2D eigenvalue weighted by molar-refractivity contribution is 0.231. The Morgan fingerprint density at radius 1 is 1.15 bits per heavy atom. The van der Waals surface area contributed by atoms with E-state index in [1.54, 1.807) is 0 Å². The average Bonchev–Trinajstić information content (AvgIpc) is 2.42. The van der Waals surface area contributed by atoms with E-state index in [0.29, 0.717) is 5.15 Å². The highest BCUT2D eigenvalue weighted by Gasteiger charge is 2.21. The van der Waals surface area contributed by atoms with Crippen LogP contribution in [-0.4, -0.2) is 47.6 Å². The van der Waals surface area contributed by atoms with Crippen LogP contribution >= 0.6 is 11.6 Å². The summed E-state index contributed by atoms with van der Waals surface area (Å²) < 4.78 is 0. The fourth-order valence-corrected chi connectivity index (χ4v) is 2.83. The monoisotopic (exact) mass is 296 g/mol. The second kappa shape index (κ2) is 6.72. The number of halogens is 1. The Morgan fingerprint density at radius 3 is 2.35 bits per heavy atom. The molecule has 4 nitrogen and oxygen atoms in total. The van der Waals surface area contributed by atoms with Gasteiger partial charge in [0, 0.05) is 44.7 Å². The fraction of sp³-hybridized carbons (Fsp3) is 0.733. The SMILES string of the molecule is CCc1nc(Cl)c(C)c(N2CCN(CC(C)C)CC2)n1. The molecule has 0 spiro atoms. The second-order valence-electron chi connectivity index (χ2n) is 5.91. The highest BCUT2D eigenvalue weighted by atomic mass is 35.5. The van der Waals surface area contributed by atoms with Crippen molar-refractivity contribution in [2.75, 3.05) is 37.6 Å². The van der Waals surface area contributed by atoms with Crippen molar-refractivity contribution in [1.29, 1.82) is 0 Å². The van der Waals surface area contributed by atoms with Crippen LogP contribution in [0.1, 0.15) is 32.2 Å². The van der Waals surface area contributed by atoms with Crippen molar-refractivity contribution >= 4 is 17.4 Å². The van der Waals surface area contributed by atoms with E-state index in [4.69, 9.17) is 11.6 Å². The summed E-state index contributed by atoms with van der Waals surface area (Å²) in [5.74, 6) is 2.58. The number of piperazine rings is 1. The van der Waals surface area contributed by atoms with Gasteiger partial charge < -0.3 is 4.90 Å². The van der Waals surface area contributed by atoms with E-state index in [-0.39, 0.29) is 0 Å². The third kappa shape index (κ3) is 3.61. The van der Waals surface area contributed by atoms with Gasteiger partial charge in [-0.15, -0.1) is 0 Å². The highest BCUT2D eigenvalue weighted by molar-refractivity contribution is 6.30. The molecule has 1 saturated heterocycles. The van der Waals surface area contributed by atoms with Gasteiger partial charge in [0.1, 0.15) is 16.8 Å². The van der Waals surface area contributed by atoms with Crippen molar-refractivity contribution in [3.05, 3.63) is 16.5 Å². The van der Waals surface area contributed by atoms with E-state index in [1.807, 2.05) is 6.92 Å². The van der Waals surface area contributed by atoms with E-state index in [0.717, 1.165) is 55.7 Å². The van der Waals surface area contributed by atoms with Crippen LogP contribution in [0.2, 0.25) is 5.15 Å². The molecule has 1 aliphatic heterocycles. The molecule has 1 aromatic heterocycles. The predicted octanol–water partition coefficient (Wildman–Crippen LogP) is 2.78. The molecular formula is C15H25ClN4. The van der Waals surface area contributed by atoms with Gasteiger partial charge >= 0.3 is 0 Å². The van der Waals surface area contributed by atoms with Gasteiger partial charge in [-0.3, -0.25) is 4.90 Å². The number of aryl methyl sites for hydroxylation is 1. The third-order valence-corrected chi connectivity index (χ3v) is 4.09. The highest BCUT2D eigenvalue weighted by Crippen LogP contribution is 2.24. The van der Waals surface area contributed by atoms with E-state index in [9.17, 15) is 0 Å². The molecule has 0 aromatic carbocycles. The van der Waals surface area contributed by atoms with Gasteiger partial charge in [-0.1, -0.05) is 32.4 Å². The first-order valence-corrected chi connectivity index (χ1v) is 7.89. The largest absolute Gasteiger partial charge is 0.354 e. The van der Waals surface area contributed by atoms with Gasteiger partial charge in [0.25, 0.3) is 0 Å². The summed E-state index contributed by atoms with van der Waals surface area (Å²) >= 11 is 6.23. The molecule has 0 radical (unpaired) electrons. The molecule has 0 saturated carbocycles. The van der Waals surface area contributed by atoms with Crippen LogP contribution < -0.4 is 4.90 Å². The van der Waals surface area contributed by atoms with E-state index in [1.165, 1.54) is 6.54 Å². The van der Waals surface area contributed by atoms with Crippen LogP contribution in [0.25, 0.3) is 0 Å². The molecule has 0 N–H and O–H groups in total. The van der Waals surface area contributed by atoms with Crippen LogP contribution in [0.15, 0.2) is 0 Å². The summed E-state index contributed by atoms with van der Waals surface area (Å²) in [6, 6.07) is 0. The van der Waals surface area contributed by atoms with E-state index >= 15 is 0 Å². The number of rotatable bonds is 4. The zero-order valence-electron chi connectivity index (χ0n) is 13.0. The van der Waals surface area contributed by atoms with E-state index < -0.39 is 0 Å². The van der Waals surface area contributed by atoms with Crippen LogP contribution in [0.4, 0.5) is 5.82 Å². The minimum Gasteiger partial charge on any atom is -0.354 e. The normalized spacial score (nSPS) is 17.0. The topological polar surface area (TPSA) is 32.3 Å². The van der Waals surface area contributed by atoms with Crippen LogP contribution in [-0.2, 0) is 6.42 Å². The maximum absolute atomic E-state index is 6.23.